The molecule has 6 nitrogen and oxygen atoms in total. The molecule has 0 spiro atoms. The molecule has 20 heavy (non-hydrogen) atoms. The highest BCUT2D eigenvalue weighted by Gasteiger charge is 2.24. The van der Waals surface area contributed by atoms with E-state index in [1.54, 1.807) is 4.90 Å². The van der Waals surface area contributed by atoms with Crippen molar-refractivity contribution in [2.75, 3.05) is 32.8 Å². The summed E-state index contributed by atoms with van der Waals surface area (Å²) in [7, 11) is 0. The highest BCUT2D eigenvalue weighted by Crippen LogP contribution is 2.10. The van der Waals surface area contributed by atoms with Gasteiger partial charge >= 0.3 is 6.09 Å². The van der Waals surface area contributed by atoms with Gasteiger partial charge in [-0.25, -0.2) is 4.79 Å². The summed E-state index contributed by atoms with van der Waals surface area (Å²) in [6.45, 7) is 12.6. The molecular weight excluding hydrogens is 258 g/mol. The van der Waals surface area contributed by atoms with Crippen LogP contribution in [-0.2, 0) is 9.47 Å². The summed E-state index contributed by atoms with van der Waals surface area (Å²) in [5.74, 6) is 0.814. The lowest BCUT2D eigenvalue weighted by molar-refractivity contribution is 0.0276. The van der Waals surface area contributed by atoms with E-state index in [4.69, 9.17) is 9.47 Å². The molecule has 0 bridgehead atoms. The van der Waals surface area contributed by atoms with Crippen molar-refractivity contribution in [2.45, 2.75) is 46.3 Å². The SMILES string of the molecule is CC(C)OCCNC1=NCCN(C(=O)OC(C)(C)C)C1. The van der Waals surface area contributed by atoms with Crippen LogP contribution in [0.25, 0.3) is 0 Å². The molecule has 0 unspecified atom stereocenters. The monoisotopic (exact) mass is 285 g/mol. The van der Waals surface area contributed by atoms with Gasteiger partial charge in [-0.15, -0.1) is 0 Å². The fraction of sp³-hybridized carbons (Fsp3) is 0.857. The number of carbonyl (C=O) groups is 1. The Labute approximate surface area is 121 Å². The van der Waals surface area contributed by atoms with Gasteiger partial charge in [0.25, 0.3) is 0 Å². The number of hydrogen-bond donors (Lipinski definition) is 1. The van der Waals surface area contributed by atoms with Crippen LogP contribution in [-0.4, -0.2) is 61.3 Å². The average molecular weight is 285 g/mol. The first-order chi connectivity index (χ1) is 9.28. The lowest BCUT2D eigenvalue weighted by Gasteiger charge is -2.30. The maximum absolute atomic E-state index is 12.0. The smallest absolute Gasteiger partial charge is 0.410 e. The largest absolute Gasteiger partial charge is 0.444 e. The summed E-state index contributed by atoms with van der Waals surface area (Å²) >= 11 is 0. The first-order valence-corrected chi connectivity index (χ1v) is 7.14. The van der Waals surface area contributed by atoms with Crippen molar-refractivity contribution in [1.29, 1.82) is 0 Å². The molecule has 0 atom stereocenters. The molecule has 1 amide bonds. The summed E-state index contributed by atoms with van der Waals surface area (Å²) in [5.41, 5.74) is -0.468. The van der Waals surface area contributed by atoms with Gasteiger partial charge in [0.1, 0.15) is 11.4 Å². The van der Waals surface area contributed by atoms with Crippen LogP contribution in [0.3, 0.4) is 0 Å². The van der Waals surface area contributed by atoms with E-state index in [-0.39, 0.29) is 12.2 Å². The average Bonchev–Trinajstić information content (AvgIpc) is 2.33. The Hall–Kier alpha value is -1.30. The number of amidine groups is 1. The molecule has 0 aromatic rings. The van der Waals surface area contributed by atoms with E-state index in [0.717, 1.165) is 5.84 Å². The Kier molecular flexibility index (Phi) is 6.26. The number of amides is 1. The van der Waals surface area contributed by atoms with E-state index in [1.165, 1.54) is 0 Å². The summed E-state index contributed by atoms with van der Waals surface area (Å²) in [6, 6.07) is 0. The van der Waals surface area contributed by atoms with E-state index in [2.05, 4.69) is 10.3 Å². The van der Waals surface area contributed by atoms with Gasteiger partial charge in [0.05, 0.1) is 25.8 Å². The minimum absolute atomic E-state index is 0.225. The molecule has 0 saturated heterocycles. The van der Waals surface area contributed by atoms with Gasteiger partial charge in [-0.2, -0.15) is 0 Å². The maximum Gasteiger partial charge on any atom is 0.410 e. The quantitative estimate of drug-likeness (QED) is 0.798. The normalized spacial score (nSPS) is 16.1. The number of nitrogens with one attached hydrogen (secondary N) is 1. The third-order valence-electron chi connectivity index (χ3n) is 2.55. The minimum Gasteiger partial charge on any atom is -0.444 e. The molecule has 1 rings (SSSR count). The van der Waals surface area contributed by atoms with E-state index >= 15 is 0 Å². The Morgan fingerprint density at radius 3 is 2.75 bits per heavy atom. The predicted molar refractivity (Wildman–Crippen MR) is 79.2 cm³/mol. The van der Waals surface area contributed by atoms with Gasteiger partial charge in [0.15, 0.2) is 0 Å². The van der Waals surface area contributed by atoms with E-state index in [9.17, 15) is 4.79 Å². The van der Waals surface area contributed by atoms with Crippen molar-refractivity contribution in [3.8, 4) is 0 Å². The van der Waals surface area contributed by atoms with Crippen LogP contribution >= 0.6 is 0 Å². The van der Waals surface area contributed by atoms with Crippen LogP contribution in [0.2, 0.25) is 0 Å². The van der Waals surface area contributed by atoms with Crippen LogP contribution < -0.4 is 5.32 Å². The van der Waals surface area contributed by atoms with Crippen LogP contribution in [0.5, 0.6) is 0 Å². The van der Waals surface area contributed by atoms with Crippen LogP contribution in [0, 0.1) is 0 Å². The third-order valence-corrected chi connectivity index (χ3v) is 2.55. The number of ether oxygens (including phenoxy) is 2. The second-order valence-corrected chi connectivity index (χ2v) is 6.08. The molecular formula is C14H27N3O3. The first kappa shape index (κ1) is 16.8. The van der Waals surface area contributed by atoms with Crippen molar-refractivity contribution in [1.82, 2.24) is 10.2 Å². The molecule has 0 aromatic heterocycles. The number of aliphatic imine (C=N–C) groups is 1. The van der Waals surface area contributed by atoms with Crippen molar-refractivity contribution in [2.24, 2.45) is 4.99 Å². The molecule has 0 fully saturated rings. The summed E-state index contributed by atoms with van der Waals surface area (Å²) in [5, 5.41) is 3.20. The van der Waals surface area contributed by atoms with Gasteiger partial charge in [-0.1, -0.05) is 0 Å². The lowest BCUT2D eigenvalue weighted by Crippen LogP contribution is -2.47. The van der Waals surface area contributed by atoms with Crippen LogP contribution in [0.15, 0.2) is 4.99 Å². The first-order valence-electron chi connectivity index (χ1n) is 7.14. The van der Waals surface area contributed by atoms with Gasteiger partial charge in [0, 0.05) is 13.1 Å². The molecule has 6 heteroatoms. The number of rotatable bonds is 4. The zero-order valence-corrected chi connectivity index (χ0v) is 13.2. The third kappa shape index (κ3) is 6.75. The van der Waals surface area contributed by atoms with Crippen molar-refractivity contribution in [3.05, 3.63) is 0 Å². The molecule has 0 aromatic carbocycles. The predicted octanol–water partition coefficient (Wildman–Crippen LogP) is 1.65. The Morgan fingerprint density at radius 2 is 2.15 bits per heavy atom. The Bertz CT molecular complexity index is 348. The zero-order valence-electron chi connectivity index (χ0n) is 13.2. The summed E-state index contributed by atoms with van der Waals surface area (Å²) < 4.78 is 10.8. The molecule has 1 aliphatic rings. The highest BCUT2D eigenvalue weighted by atomic mass is 16.6. The molecule has 1 heterocycles. The Balaban J connectivity index is 2.34. The van der Waals surface area contributed by atoms with Crippen LogP contribution in [0.1, 0.15) is 34.6 Å². The van der Waals surface area contributed by atoms with Gasteiger partial charge in [-0.3, -0.25) is 9.89 Å². The fourth-order valence-corrected chi connectivity index (χ4v) is 1.70. The molecule has 116 valence electrons. The number of nitrogens with zero attached hydrogens (tertiary/aromatic N) is 2. The summed E-state index contributed by atoms with van der Waals surface area (Å²) in [4.78, 5) is 18.0. The molecule has 1 aliphatic heterocycles. The Morgan fingerprint density at radius 1 is 1.45 bits per heavy atom. The summed E-state index contributed by atoms with van der Waals surface area (Å²) in [6.07, 6.45) is -0.0616. The molecule has 0 saturated carbocycles. The van der Waals surface area contributed by atoms with Gasteiger partial charge in [0.2, 0.25) is 0 Å². The molecule has 1 N–H and O–H groups in total. The zero-order chi connectivity index (χ0) is 15.2. The second-order valence-electron chi connectivity index (χ2n) is 6.08. The van der Waals surface area contributed by atoms with Gasteiger partial charge in [-0.05, 0) is 34.6 Å². The molecule has 0 aliphatic carbocycles. The maximum atomic E-state index is 12.0. The van der Waals surface area contributed by atoms with E-state index in [1.807, 2.05) is 34.6 Å². The van der Waals surface area contributed by atoms with Gasteiger partial charge < -0.3 is 14.8 Å². The van der Waals surface area contributed by atoms with E-state index in [0.29, 0.717) is 32.8 Å². The minimum atomic E-state index is -0.468. The number of hydrogen-bond acceptors (Lipinski definition) is 5. The van der Waals surface area contributed by atoms with Crippen LogP contribution in [0.4, 0.5) is 4.79 Å². The number of carbonyl (C=O) groups excluding carboxylic acids is 1. The topological polar surface area (TPSA) is 63.2 Å². The molecule has 0 radical (unpaired) electrons. The van der Waals surface area contributed by atoms with Crippen molar-refractivity contribution < 1.29 is 14.3 Å². The standard InChI is InChI=1S/C14H27N3O3/c1-11(2)19-9-7-16-12-10-17(8-6-15-12)13(18)20-14(3,4)5/h11H,6-10H2,1-5H3,(H,15,16). The van der Waals surface area contributed by atoms with Crippen molar-refractivity contribution >= 4 is 11.9 Å². The van der Waals surface area contributed by atoms with Crippen molar-refractivity contribution in [3.63, 3.8) is 0 Å². The fourth-order valence-electron chi connectivity index (χ4n) is 1.70. The van der Waals surface area contributed by atoms with E-state index < -0.39 is 5.60 Å². The highest BCUT2D eigenvalue weighted by molar-refractivity contribution is 5.87. The lowest BCUT2D eigenvalue weighted by atomic mass is 10.2. The second kappa shape index (κ2) is 7.47.